The van der Waals surface area contributed by atoms with Gasteiger partial charge < -0.3 is 15.8 Å². The van der Waals surface area contributed by atoms with Crippen LogP contribution in [0.15, 0.2) is 65.0 Å². The summed E-state index contributed by atoms with van der Waals surface area (Å²) in [6.45, 7) is 1.31. The number of nitrogens with one attached hydrogen (secondary N) is 1. The van der Waals surface area contributed by atoms with Crippen LogP contribution in [-0.4, -0.2) is 33.4 Å². The molecule has 3 aromatic rings. The first kappa shape index (κ1) is 19.6. The van der Waals surface area contributed by atoms with Crippen molar-refractivity contribution in [2.45, 2.75) is 13.5 Å². The summed E-state index contributed by atoms with van der Waals surface area (Å²) in [6, 6.07) is 12.8. The molecule has 0 bridgehead atoms. The van der Waals surface area contributed by atoms with Crippen molar-refractivity contribution < 1.29 is 13.9 Å². The second-order valence-corrected chi connectivity index (χ2v) is 6.88. The van der Waals surface area contributed by atoms with E-state index in [9.17, 15) is 14.0 Å². The number of rotatable bonds is 5. The highest BCUT2D eigenvalue weighted by Gasteiger charge is 2.17. The van der Waals surface area contributed by atoms with Gasteiger partial charge in [0.2, 0.25) is 0 Å². The summed E-state index contributed by atoms with van der Waals surface area (Å²) in [6.07, 6.45) is 1.39. The van der Waals surface area contributed by atoms with Gasteiger partial charge in [0.1, 0.15) is 12.1 Å². The molecule has 0 fully saturated rings. The highest BCUT2D eigenvalue weighted by atomic mass is 19.1. The van der Waals surface area contributed by atoms with Crippen molar-refractivity contribution >= 4 is 11.6 Å². The van der Waals surface area contributed by atoms with Gasteiger partial charge in [0.25, 0.3) is 5.91 Å². The van der Waals surface area contributed by atoms with Crippen LogP contribution < -0.4 is 21.5 Å². The molecule has 0 radical (unpaired) electrons. The van der Waals surface area contributed by atoms with Gasteiger partial charge in [-0.15, -0.1) is 0 Å². The summed E-state index contributed by atoms with van der Waals surface area (Å²) in [5, 5.41) is 6.86. The standard InChI is InChI=1S/C21H20FN5O3/c1-13(22)16(9-23)10-27-21(29)26(12-24-27)17-4-2-3-14(7-17)15-5-6-19-18(8-15)25-20(28)11-30-19/h2-8,12H,9-11,23H2,1H3,(H,25,28)/b16-13+. The smallest absolute Gasteiger partial charge is 0.350 e. The molecule has 0 saturated carbocycles. The van der Waals surface area contributed by atoms with E-state index < -0.39 is 11.5 Å². The number of halogens is 1. The maximum Gasteiger partial charge on any atom is 0.350 e. The number of anilines is 1. The monoisotopic (exact) mass is 409 g/mol. The Kier molecular flexibility index (Phi) is 5.20. The van der Waals surface area contributed by atoms with Crippen LogP contribution in [-0.2, 0) is 11.3 Å². The number of fused-ring (bicyclic) bond motifs is 1. The maximum absolute atomic E-state index is 13.5. The fourth-order valence-corrected chi connectivity index (χ4v) is 3.22. The second kappa shape index (κ2) is 7.96. The molecule has 2 heterocycles. The van der Waals surface area contributed by atoms with Gasteiger partial charge in [-0.05, 0) is 47.9 Å². The van der Waals surface area contributed by atoms with Crippen LogP contribution >= 0.6 is 0 Å². The minimum Gasteiger partial charge on any atom is -0.482 e. The molecule has 4 rings (SSSR count). The normalized spacial score (nSPS) is 13.9. The van der Waals surface area contributed by atoms with Crippen LogP contribution in [0, 0.1) is 0 Å². The number of aromatic nitrogens is 3. The van der Waals surface area contributed by atoms with Gasteiger partial charge >= 0.3 is 5.69 Å². The molecular formula is C21H20FN5O3. The van der Waals surface area contributed by atoms with Crippen molar-refractivity contribution in [1.82, 2.24) is 14.3 Å². The van der Waals surface area contributed by atoms with Crippen LogP contribution in [0.5, 0.6) is 5.75 Å². The summed E-state index contributed by atoms with van der Waals surface area (Å²) in [5.41, 5.74) is 8.37. The Labute approximate surface area is 171 Å². The van der Waals surface area contributed by atoms with Gasteiger partial charge in [-0.2, -0.15) is 5.10 Å². The van der Waals surface area contributed by atoms with E-state index in [2.05, 4.69) is 10.4 Å². The van der Waals surface area contributed by atoms with Crippen molar-refractivity contribution in [2.75, 3.05) is 18.5 Å². The zero-order valence-electron chi connectivity index (χ0n) is 16.3. The van der Waals surface area contributed by atoms with Crippen molar-refractivity contribution in [3.63, 3.8) is 0 Å². The number of benzene rings is 2. The van der Waals surface area contributed by atoms with Crippen molar-refractivity contribution in [3.05, 3.63) is 70.7 Å². The first-order chi connectivity index (χ1) is 14.5. The number of carbonyl (C=O) groups excluding carboxylic acids is 1. The lowest BCUT2D eigenvalue weighted by Gasteiger charge is -2.18. The molecule has 1 aromatic heterocycles. The Morgan fingerprint density at radius 2 is 2.03 bits per heavy atom. The van der Waals surface area contributed by atoms with E-state index in [0.717, 1.165) is 11.1 Å². The Balaban J connectivity index is 1.67. The van der Waals surface area contributed by atoms with Crippen LogP contribution in [0.4, 0.5) is 10.1 Å². The third-order valence-electron chi connectivity index (χ3n) is 4.88. The molecule has 1 aliphatic rings. The average molecular weight is 409 g/mol. The van der Waals surface area contributed by atoms with Gasteiger partial charge in [-0.1, -0.05) is 18.2 Å². The van der Waals surface area contributed by atoms with E-state index >= 15 is 0 Å². The van der Waals surface area contributed by atoms with Gasteiger partial charge in [0, 0.05) is 6.54 Å². The van der Waals surface area contributed by atoms with E-state index in [4.69, 9.17) is 10.5 Å². The predicted octanol–water partition coefficient (Wildman–Crippen LogP) is 2.23. The number of hydrogen-bond acceptors (Lipinski definition) is 5. The molecular weight excluding hydrogens is 389 g/mol. The second-order valence-electron chi connectivity index (χ2n) is 6.88. The lowest BCUT2D eigenvalue weighted by atomic mass is 10.0. The Hall–Kier alpha value is -3.72. The van der Waals surface area contributed by atoms with E-state index in [0.29, 0.717) is 22.7 Å². The molecule has 9 heteroatoms. The SMILES string of the molecule is C/C(F)=C(/CN)Cn1ncn(-c2cccc(-c3ccc4c(c3)NC(=O)CO4)c2)c1=O. The number of nitrogens with two attached hydrogens (primary N) is 1. The molecule has 8 nitrogen and oxygen atoms in total. The largest absolute Gasteiger partial charge is 0.482 e. The predicted molar refractivity (Wildman–Crippen MR) is 110 cm³/mol. The minimum atomic E-state index is -0.413. The van der Waals surface area contributed by atoms with E-state index in [1.165, 1.54) is 22.5 Å². The molecule has 1 aliphatic heterocycles. The minimum absolute atomic E-state index is 0.00225. The van der Waals surface area contributed by atoms with Crippen molar-refractivity contribution in [1.29, 1.82) is 0 Å². The fourth-order valence-electron chi connectivity index (χ4n) is 3.22. The number of allylic oxidation sites excluding steroid dienone is 1. The Morgan fingerprint density at radius 1 is 1.23 bits per heavy atom. The molecule has 0 spiro atoms. The lowest BCUT2D eigenvalue weighted by Crippen LogP contribution is -2.26. The zero-order chi connectivity index (χ0) is 21.3. The van der Waals surface area contributed by atoms with Gasteiger partial charge in [0.05, 0.1) is 23.7 Å². The molecule has 2 aromatic carbocycles. The van der Waals surface area contributed by atoms with E-state index in [1.807, 2.05) is 30.3 Å². The molecule has 0 aliphatic carbocycles. The highest BCUT2D eigenvalue weighted by Crippen LogP contribution is 2.33. The maximum atomic E-state index is 13.5. The van der Waals surface area contributed by atoms with E-state index in [1.54, 1.807) is 12.1 Å². The fraction of sp³-hybridized carbons (Fsp3) is 0.190. The Bertz CT molecular complexity index is 1210. The van der Waals surface area contributed by atoms with Crippen LogP contribution in [0.3, 0.4) is 0 Å². The summed E-state index contributed by atoms with van der Waals surface area (Å²) in [4.78, 5) is 24.3. The van der Waals surface area contributed by atoms with Crippen molar-refractivity contribution in [2.24, 2.45) is 5.73 Å². The average Bonchev–Trinajstić information content (AvgIpc) is 3.11. The van der Waals surface area contributed by atoms with Crippen LogP contribution in [0.2, 0.25) is 0 Å². The summed E-state index contributed by atoms with van der Waals surface area (Å²) < 4.78 is 21.5. The lowest BCUT2D eigenvalue weighted by molar-refractivity contribution is -0.118. The molecule has 3 N–H and O–H groups in total. The van der Waals surface area contributed by atoms with E-state index in [-0.39, 0.29) is 25.6 Å². The summed E-state index contributed by atoms with van der Waals surface area (Å²) >= 11 is 0. The van der Waals surface area contributed by atoms with Gasteiger partial charge in [-0.25, -0.2) is 18.4 Å². The highest BCUT2D eigenvalue weighted by molar-refractivity contribution is 5.96. The number of amides is 1. The number of carbonyl (C=O) groups is 1. The van der Waals surface area contributed by atoms with Crippen LogP contribution in [0.1, 0.15) is 6.92 Å². The summed E-state index contributed by atoms with van der Waals surface area (Å²) in [5.74, 6) is -0.00914. The number of nitrogens with zero attached hydrogens (tertiary/aromatic N) is 3. The van der Waals surface area contributed by atoms with Crippen molar-refractivity contribution in [3.8, 4) is 22.6 Å². The molecule has 0 atom stereocenters. The molecule has 154 valence electrons. The Morgan fingerprint density at radius 3 is 2.80 bits per heavy atom. The third-order valence-corrected chi connectivity index (χ3v) is 4.88. The summed E-state index contributed by atoms with van der Waals surface area (Å²) in [7, 11) is 0. The quantitative estimate of drug-likeness (QED) is 0.673. The number of hydrogen-bond donors (Lipinski definition) is 2. The first-order valence-corrected chi connectivity index (χ1v) is 9.32. The molecule has 0 saturated heterocycles. The van der Waals surface area contributed by atoms with Gasteiger partial charge in [-0.3, -0.25) is 4.79 Å². The molecule has 30 heavy (non-hydrogen) atoms. The first-order valence-electron chi connectivity index (χ1n) is 9.32. The molecule has 1 amide bonds. The third kappa shape index (κ3) is 3.74. The number of ether oxygens (including phenoxy) is 1. The molecule has 0 unspecified atom stereocenters. The van der Waals surface area contributed by atoms with Crippen LogP contribution in [0.25, 0.3) is 16.8 Å². The zero-order valence-corrected chi connectivity index (χ0v) is 16.3. The topological polar surface area (TPSA) is 104 Å². The van der Waals surface area contributed by atoms with Gasteiger partial charge in [0.15, 0.2) is 6.61 Å².